The van der Waals surface area contributed by atoms with Crippen LogP contribution in [0, 0.1) is 13.8 Å². The van der Waals surface area contributed by atoms with Gasteiger partial charge in [0.05, 0.1) is 5.69 Å². The minimum Gasteiger partial charge on any atom is -0.266 e. The van der Waals surface area contributed by atoms with E-state index in [-0.39, 0.29) is 5.91 Å². The summed E-state index contributed by atoms with van der Waals surface area (Å²) in [5.74, 6) is 0.531. The standard InChI is InChI=1S/C24H19BrN2O/c1-16-6-10-19(11-7-16)23-26-22(15-18-8-12-20(25)13-9-18)24(28)27(23)21-5-3-4-17(2)14-21/h3-15H,1-2H3. The number of nitrogens with zero attached hydrogens (tertiary/aromatic N) is 2. The monoisotopic (exact) mass is 430 g/mol. The van der Waals surface area contributed by atoms with Crippen LogP contribution in [0.25, 0.3) is 6.08 Å². The lowest BCUT2D eigenvalue weighted by Gasteiger charge is -2.19. The summed E-state index contributed by atoms with van der Waals surface area (Å²) in [5, 5.41) is 0. The van der Waals surface area contributed by atoms with Crippen LogP contribution in [0.2, 0.25) is 0 Å². The second-order valence-electron chi connectivity index (χ2n) is 6.86. The maximum absolute atomic E-state index is 13.3. The van der Waals surface area contributed by atoms with Gasteiger partial charge in [-0.05, 0) is 55.3 Å². The first-order valence-electron chi connectivity index (χ1n) is 9.05. The van der Waals surface area contributed by atoms with E-state index in [1.54, 1.807) is 4.90 Å². The normalized spacial score (nSPS) is 15.2. The number of carbonyl (C=O) groups excluding carboxylic acids is 1. The molecule has 0 fully saturated rings. The molecule has 0 aliphatic carbocycles. The quantitative estimate of drug-likeness (QED) is 0.476. The molecule has 4 rings (SSSR count). The number of carbonyl (C=O) groups is 1. The van der Waals surface area contributed by atoms with Crippen molar-refractivity contribution in [1.29, 1.82) is 0 Å². The highest BCUT2D eigenvalue weighted by Crippen LogP contribution is 2.28. The molecule has 4 heteroatoms. The SMILES string of the molecule is Cc1ccc(C2=NC(=Cc3ccc(Br)cc3)C(=O)N2c2cccc(C)c2)cc1. The van der Waals surface area contributed by atoms with Gasteiger partial charge in [-0.15, -0.1) is 0 Å². The number of benzene rings is 3. The van der Waals surface area contributed by atoms with E-state index < -0.39 is 0 Å². The molecule has 28 heavy (non-hydrogen) atoms. The average Bonchev–Trinajstić information content (AvgIpc) is 3.00. The fourth-order valence-electron chi connectivity index (χ4n) is 3.14. The van der Waals surface area contributed by atoms with Crippen molar-refractivity contribution in [2.75, 3.05) is 4.90 Å². The summed E-state index contributed by atoms with van der Waals surface area (Å²) in [7, 11) is 0. The summed E-state index contributed by atoms with van der Waals surface area (Å²) >= 11 is 3.44. The van der Waals surface area contributed by atoms with Gasteiger partial charge in [-0.25, -0.2) is 4.99 Å². The minimum absolute atomic E-state index is 0.121. The second-order valence-corrected chi connectivity index (χ2v) is 7.78. The first-order chi connectivity index (χ1) is 13.5. The second kappa shape index (κ2) is 7.56. The summed E-state index contributed by atoms with van der Waals surface area (Å²) in [5.41, 5.74) is 5.37. The van der Waals surface area contributed by atoms with Crippen molar-refractivity contribution in [1.82, 2.24) is 0 Å². The number of aryl methyl sites for hydroxylation is 2. The Bertz CT molecular complexity index is 1100. The van der Waals surface area contributed by atoms with E-state index in [0.717, 1.165) is 26.9 Å². The molecule has 0 atom stereocenters. The zero-order valence-electron chi connectivity index (χ0n) is 15.7. The molecule has 3 nitrogen and oxygen atoms in total. The van der Waals surface area contributed by atoms with Gasteiger partial charge in [-0.2, -0.15) is 0 Å². The Morgan fingerprint density at radius 1 is 0.893 bits per heavy atom. The number of hydrogen-bond acceptors (Lipinski definition) is 2. The fourth-order valence-corrected chi connectivity index (χ4v) is 3.40. The van der Waals surface area contributed by atoms with Crippen LogP contribution in [0.4, 0.5) is 5.69 Å². The van der Waals surface area contributed by atoms with E-state index in [0.29, 0.717) is 11.5 Å². The molecule has 0 aromatic heterocycles. The lowest BCUT2D eigenvalue weighted by molar-refractivity contribution is -0.113. The number of amides is 1. The maximum Gasteiger partial charge on any atom is 0.282 e. The molecular weight excluding hydrogens is 412 g/mol. The summed E-state index contributed by atoms with van der Waals surface area (Å²) in [6.07, 6.45) is 1.83. The molecule has 3 aromatic carbocycles. The number of rotatable bonds is 3. The highest BCUT2D eigenvalue weighted by molar-refractivity contribution is 9.10. The third-order valence-corrected chi connectivity index (χ3v) is 5.13. The Labute approximate surface area is 173 Å². The van der Waals surface area contributed by atoms with Gasteiger partial charge in [0.2, 0.25) is 0 Å². The Kier molecular flexibility index (Phi) is 4.97. The van der Waals surface area contributed by atoms with Crippen molar-refractivity contribution < 1.29 is 4.79 Å². The van der Waals surface area contributed by atoms with Gasteiger partial charge >= 0.3 is 0 Å². The van der Waals surface area contributed by atoms with Crippen molar-refractivity contribution in [3.8, 4) is 0 Å². The van der Waals surface area contributed by atoms with Gasteiger partial charge in [0, 0.05) is 10.0 Å². The van der Waals surface area contributed by atoms with Crippen molar-refractivity contribution in [2.24, 2.45) is 4.99 Å². The number of halogens is 1. The van der Waals surface area contributed by atoms with Crippen molar-refractivity contribution in [2.45, 2.75) is 13.8 Å². The maximum atomic E-state index is 13.3. The molecule has 3 aromatic rings. The van der Waals surface area contributed by atoms with Gasteiger partial charge in [0.1, 0.15) is 11.5 Å². The van der Waals surface area contributed by atoms with E-state index >= 15 is 0 Å². The van der Waals surface area contributed by atoms with Crippen molar-refractivity contribution in [3.63, 3.8) is 0 Å². The molecule has 1 amide bonds. The van der Waals surface area contributed by atoms with Gasteiger partial charge in [-0.3, -0.25) is 9.69 Å². The summed E-state index contributed by atoms with van der Waals surface area (Å²) in [6, 6.07) is 23.8. The number of amidine groups is 1. The third-order valence-electron chi connectivity index (χ3n) is 4.60. The van der Waals surface area contributed by atoms with E-state index in [4.69, 9.17) is 4.99 Å². The van der Waals surface area contributed by atoms with Crippen LogP contribution in [0.15, 0.2) is 88.0 Å². The van der Waals surface area contributed by atoms with Crippen LogP contribution < -0.4 is 4.90 Å². The molecule has 1 heterocycles. The molecule has 1 aliphatic rings. The smallest absolute Gasteiger partial charge is 0.266 e. The molecule has 0 bridgehead atoms. The summed E-state index contributed by atoms with van der Waals surface area (Å²) in [6.45, 7) is 4.06. The molecule has 138 valence electrons. The van der Waals surface area contributed by atoms with Gasteiger partial charge in [0.25, 0.3) is 5.91 Å². The Balaban J connectivity index is 1.82. The van der Waals surface area contributed by atoms with Crippen LogP contribution in [0.5, 0.6) is 0 Å². The van der Waals surface area contributed by atoms with Crippen LogP contribution in [0.3, 0.4) is 0 Å². The highest BCUT2D eigenvalue weighted by Gasteiger charge is 2.32. The molecule has 0 saturated heterocycles. The van der Waals surface area contributed by atoms with Crippen LogP contribution in [-0.4, -0.2) is 11.7 Å². The number of hydrogen-bond donors (Lipinski definition) is 0. The molecular formula is C24H19BrN2O. The largest absolute Gasteiger partial charge is 0.282 e. The molecule has 0 spiro atoms. The number of anilines is 1. The van der Waals surface area contributed by atoms with Gasteiger partial charge in [0.15, 0.2) is 0 Å². The lowest BCUT2D eigenvalue weighted by Crippen LogP contribution is -2.32. The zero-order valence-corrected chi connectivity index (χ0v) is 17.3. The summed E-state index contributed by atoms with van der Waals surface area (Å²) < 4.78 is 0.998. The first-order valence-corrected chi connectivity index (χ1v) is 9.85. The van der Waals surface area contributed by atoms with Crippen LogP contribution >= 0.6 is 15.9 Å². The topological polar surface area (TPSA) is 32.7 Å². The van der Waals surface area contributed by atoms with Crippen molar-refractivity contribution >= 4 is 39.4 Å². The summed E-state index contributed by atoms with van der Waals surface area (Å²) in [4.78, 5) is 19.7. The van der Waals surface area contributed by atoms with Crippen LogP contribution in [0.1, 0.15) is 22.3 Å². The average molecular weight is 431 g/mol. The third kappa shape index (κ3) is 3.69. The molecule has 0 saturated carbocycles. The lowest BCUT2D eigenvalue weighted by atomic mass is 10.1. The van der Waals surface area contributed by atoms with Crippen LogP contribution in [-0.2, 0) is 4.79 Å². The van der Waals surface area contributed by atoms with E-state index in [2.05, 4.69) is 15.9 Å². The fraction of sp³-hybridized carbons (Fsp3) is 0.0833. The molecule has 1 aliphatic heterocycles. The highest BCUT2D eigenvalue weighted by atomic mass is 79.9. The molecule has 0 N–H and O–H groups in total. The zero-order chi connectivity index (χ0) is 19.7. The van der Waals surface area contributed by atoms with E-state index in [1.807, 2.05) is 92.7 Å². The van der Waals surface area contributed by atoms with Gasteiger partial charge < -0.3 is 0 Å². The molecule has 0 unspecified atom stereocenters. The minimum atomic E-state index is -0.121. The Morgan fingerprint density at radius 2 is 1.61 bits per heavy atom. The molecule has 0 radical (unpaired) electrons. The Morgan fingerprint density at radius 3 is 2.29 bits per heavy atom. The van der Waals surface area contributed by atoms with E-state index in [1.165, 1.54) is 5.56 Å². The number of aliphatic imine (C=N–C) groups is 1. The van der Waals surface area contributed by atoms with Gasteiger partial charge in [-0.1, -0.05) is 70.0 Å². The Hall–Kier alpha value is -2.98. The van der Waals surface area contributed by atoms with E-state index in [9.17, 15) is 4.79 Å². The predicted molar refractivity (Wildman–Crippen MR) is 119 cm³/mol. The predicted octanol–water partition coefficient (Wildman–Crippen LogP) is 5.90. The van der Waals surface area contributed by atoms with Crippen molar-refractivity contribution in [3.05, 3.63) is 105 Å². The first kappa shape index (κ1) is 18.4.